The molecule has 0 aliphatic rings. The highest BCUT2D eigenvalue weighted by Gasteiger charge is 2.13. The fourth-order valence-corrected chi connectivity index (χ4v) is 1.64. The van der Waals surface area contributed by atoms with Crippen molar-refractivity contribution in [2.45, 2.75) is 0 Å². The summed E-state index contributed by atoms with van der Waals surface area (Å²) in [5, 5.41) is 8.50. The molecule has 1 aromatic carbocycles. The minimum absolute atomic E-state index is 0.0898. The molecular weight excluding hydrogens is 240 g/mol. The summed E-state index contributed by atoms with van der Waals surface area (Å²) in [6.07, 6.45) is 0. The van der Waals surface area contributed by atoms with E-state index < -0.39 is 17.6 Å². The minimum Gasteiger partial charge on any atom is -0.477 e. The van der Waals surface area contributed by atoms with E-state index in [1.165, 1.54) is 0 Å². The van der Waals surface area contributed by atoms with Crippen LogP contribution in [0.2, 0.25) is 5.02 Å². The molecule has 0 saturated carbocycles. The first-order valence-electron chi connectivity index (χ1n) is 4.17. The van der Waals surface area contributed by atoms with Gasteiger partial charge >= 0.3 is 5.97 Å². The van der Waals surface area contributed by atoms with E-state index in [4.69, 9.17) is 16.7 Å². The van der Waals surface area contributed by atoms with Gasteiger partial charge in [-0.3, -0.25) is 0 Å². The molecule has 0 atom stereocenters. The largest absolute Gasteiger partial charge is 0.477 e. The highest BCUT2D eigenvalue weighted by Crippen LogP contribution is 2.26. The molecule has 1 N–H and O–H groups in total. The topological polar surface area (TPSA) is 50.2 Å². The Hall–Kier alpha value is -1.75. The van der Waals surface area contributed by atoms with E-state index in [9.17, 15) is 13.6 Å². The number of carboxylic acids is 1. The monoisotopic (exact) mass is 243 g/mol. The van der Waals surface area contributed by atoms with Gasteiger partial charge in [-0.2, -0.15) is 0 Å². The summed E-state index contributed by atoms with van der Waals surface area (Å²) in [6, 6.07) is 2.61. The summed E-state index contributed by atoms with van der Waals surface area (Å²) < 4.78 is 26.2. The van der Waals surface area contributed by atoms with Gasteiger partial charge in [-0.25, -0.2) is 18.6 Å². The summed E-state index contributed by atoms with van der Waals surface area (Å²) in [4.78, 5) is 14.3. The number of pyridine rings is 1. The molecule has 0 aliphatic heterocycles. The predicted molar refractivity (Wildman–Crippen MR) is 53.6 cm³/mol. The summed E-state index contributed by atoms with van der Waals surface area (Å²) >= 11 is 5.70. The van der Waals surface area contributed by atoms with Crippen LogP contribution in [0.4, 0.5) is 8.78 Å². The highest BCUT2D eigenvalue weighted by molar-refractivity contribution is 6.35. The Kier molecular flexibility index (Phi) is 2.47. The van der Waals surface area contributed by atoms with Gasteiger partial charge in [0.25, 0.3) is 0 Å². The van der Waals surface area contributed by atoms with Crippen molar-refractivity contribution in [1.29, 1.82) is 0 Å². The number of rotatable bonds is 1. The van der Waals surface area contributed by atoms with Gasteiger partial charge in [-0.15, -0.1) is 0 Å². The molecule has 2 rings (SSSR count). The van der Waals surface area contributed by atoms with Crippen molar-refractivity contribution < 1.29 is 18.7 Å². The van der Waals surface area contributed by atoms with E-state index in [2.05, 4.69) is 4.98 Å². The number of carbonyl (C=O) groups is 1. The smallest absolute Gasteiger partial charge is 0.354 e. The quantitative estimate of drug-likeness (QED) is 0.838. The molecule has 2 aromatic rings. The number of benzene rings is 1. The first kappa shape index (κ1) is 10.8. The predicted octanol–water partition coefficient (Wildman–Crippen LogP) is 2.86. The van der Waals surface area contributed by atoms with Crippen LogP contribution in [0.15, 0.2) is 18.2 Å². The van der Waals surface area contributed by atoms with Crippen molar-refractivity contribution in [2.24, 2.45) is 0 Å². The zero-order valence-electron chi connectivity index (χ0n) is 7.67. The van der Waals surface area contributed by atoms with E-state index in [1.807, 2.05) is 0 Å². The molecule has 0 spiro atoms. The molecule has 6 heteroatoms. The molecule has 82 valence electrons. The summed E-state index contributed by atoms with van der Waals surface area (Å²) in [7, 11) is 0. The Labute approximate surface area is 93.3 Å². The van der Waals surface area contributed by atoms with E-state index >= 15 is 0 Å². The molecule has 0 bridgehead atoms. The molecular formula is C10H4ClF2NO2. The van der Waals surface area contributed by atoms with Gasteiger partial charge in [0.1, 0.15) is 17.3 Å². The lowest BCUT2D eigenvalue weighted by molar-refractivity contribution is 0.0691. The first-order chi connectivity index (χ1) is 7.49. The summed E-state index contributed by atoms with van der Waals surface area (Å²) in [5.41, 5.74) is -0.482. The number of fused-ring (bicyclic) bond motifs is 1. The van der Waals surface area contributed by atoms with Crippen molar-refractivity contribution in [3.8, 4) is 0 Å². The van der Waals surface area contributed by atoms with Crippen molar-refractivity contribution in [3.05, 3.63) is 40.6 Å². The third kappa shape index (κ3) is 1.69. The van der Waals surface area contributed by atoms with Crippen LogP contribution >= 0.6 is 11.6 Å². The van der Waals surface area contributed by atoms with Gasteiger partial charge in [0.05, 0.1) is 15.9 Å². The Morgan fingerprint density at radius 3 is 2.62 bits per heavy atom. The first-order valence-corrected chi connectivity index (χ1v) is 4.55. The number of hydrogen-bond donors (Lipinski definition) is 1. The second-order valence-electron chi connectivity index (χ2n) is 3.08. The SMILES string of the molecule is O=C(O)c1cc(Cl)c2c(F)cc(F)cc2n1. The number of carboxylic acid groups (broad SMARTS) is 1. The molecule has 16 heavy (non-hydrogen) atoms. The Balaban J connectivity index is 2.87. The lowest BCUT2D eigenvalue weighted by Gasteiger charge is -2.03. The molecule has 1 heterocycles. The number of aromatic carboxylic acids is 1. The van der Waals surface area contributed by atoms with E-state index in [0.29, 0.717) is 6.07 Å². The van der Waals surface area contributed by atoms with Gasteiger partial charge in [0.2, 0.25) is 0 Å². The second-order valence-corrected chi connectivity index (χ2v) is 3.48. The minimum atomic E-state index is -1.31. The van der Waals surface area contributed by atoms with Crippen LogP contribution in [-0.4, -0.2) is 16.1 Å². The van der Waals surface area contributed by atoms with E-state index in [0.717, 1.165) is 12.1 Å². The van der Waals surface area contributed by atoms with Crippen molar-refractivity contribution in [2.75, 3.05) is 0 Å². The summed E-state index contributed by atoms with van der Waals surface area (Å²) in [6.45, 7) is 0. The average Bonchev–Trinajstić information content (AvgIpc) is 2.15. The maximum absolute atomic E-state index is 13.3. The van der Waals surface area contributed by atoms with Crippen molar-refractivity contribution in [3.63, 3.8) is 0 Å². The standard InChI is InChI=1S/C10H4ClF2NO2/c11-5-3-8(10(15)16)14-7-2-4(12)1-6(13)9(5)7/h1-3H,(H,15,16). The van der Waals surface area contributed by atoms with Gasteiger partial charge in [-0.1, -0.05) is 11.6 Å². The van der Waals surface area contributed by atoms with Crippen LogP contribution in [0.3, 0.4) is 0 Å². The zero-order valence-corrected chi connectivity index (χ0v) is 8.42. The Morgan fingerprint density at radius 2 is 2.00 bits per heavy atom. The Morgan fingerprint density at radius 1 is 1.31 bits per heavy atom. The van der Waals surface area contributed by atoms with Crippen LogP contribution in [0.25, 0.3) is 10.9 Å². The molecule has 0 unspecified atom stereocenters. The fraction of sp³-hybridized carbons (Fsp3) is 0. The lowest BCUT2D eigenvalue weighted by atomic mass is 10.2. The second kappa shape index (κ2) is 3.68. The van der Waals surface area contributed by atoms with Crippen molar-refractivity contribution >= 4 is 28.5 Å². The van der Waals surface area contributed by atoms with Crippen LogP contribution in [-0.2, 0) is 0 Å². The van der Waals surface area contributed by atoms with Gasteiger partial charge in [-0.05, 0) is 6.07 Å². The normalized spacial score (nSPS) is 10.7. The van der Waals surface area contributed by atoms with Gasteiger partial charge < -0.3 is 5.11 Å². The van der Waals surface area contributed by atoms with Gasteiger partial charge in [0, 0.05) is 12.1 Å². The maximum atomic E-state index is 13.3. The molecule has 0 radical (unpaired) electrons. The van der Waals surface area contributed by atoms with E-state index in [-0.39, 0.29) is 21.6 Å². The molecule has 1 aromatic heterocycles. The molecule has 0 aliphatic carbocycles. The highest BCUT2D eigenvalue weighted by atomic mass is 35.5. The third-order valence-electron chi connectivity index (χ3n) is 2.00. The average molecular weight is 244 g/mol. The van der Waals surface area contributed by atoms with Crippen LogP contribution in [0, 0.1) is 11.6 Å². The Bertz CT molecular complexity index is 601. The molecule has 0 fully saturated rings. The lowest BCUT2D eigenvalue weighted by Crippen LogP contribution is -2.01. The maximum Gasteiger partial charge on any atom is 0.354 e. The third-order valence-corrected chi connectivity index (χ3v) is 2.29. The van der Waals surface area contributed by atoms with Crippen LogP contribution in [0.5, 0.6) is 0 Å². The number of halogens is 3. The molecule has 3 nitrogen and oxygen atoms in total. The zero-order chi connectivity index (χ0) is 11.9. The number of hydrogen-bond acceptors (Lipinski definition) is 2. The van der Waals surface area contributed by atoms with E-state index in [1.54, 1.807) is 0 Å². The van der Waals surface area contributed by atoms with Crippen molar-refractivity contribution in [1.82, 2.24) is 4.98 Å². The van der Waals surface area contributed by atoms with Gasteiger partial charge in [0.15, 0.2) is 0 Å². The number of nitrogens with zero attached hydrogens (tertiary/aromatic N) is 1. The number of aromatic nitrogens is 1. The molecule has 0 saturated heterocycles. The summed E-state index contributed by atoms with van der Waals surface area (Å²) in [5.74, 6) is -3.02. The van der Waals surface area contributed by atoms with Crippen LogP contribution in [0.1, 0.15) is 10.5 Å². The fourth-order valence-electron chi connectivity index (χ4n) is 1.35. The van der Waals surface area contributed by atoms with Crippen LogP contribution < -0.4 is 0 Å². The molecule has 0 amide bonds.